The van der Waals surface area contributed by atoms with E-state index in [1.807, 2.05) is 6.92 Å². The van der Waals surface area contributed by atoms with Crippen molar-refractivity contribution in [1.82, 2.24) is 5.16 Å². The molecule has 0 spiro atoms. The predicted molar refractivity (Wildman–Crippen MR) is 59.8 cm³/mol. The molecule has 1 N–H and O–H groups in total. The maximum atomic E-state index is 11.2. The lowest BCUT2D eigenvalue weighted by molar-refractivity contribution is 0.0695. The van der Waals surface area contributed by atoms with Crippen LogP contribution in [0.4, 0.5) is 0 Å². The van der Waals surface area contributed by atoms with Gasteiger partial charge in [0, 0.05) is 6.42 Å². The Morgan fingerprint density at radius 1 is 1.53 bits per heavy atom. The minimum Gasteiger partial charge on any atom is -0.477 e. The molecule has 5 heteroatoms. The lowest BCUT2D eigenvalue weighted by Gasteiger charge is -1.96. The lowest BCUT2D eigenvalue weighted by atomic mass is 10.1. The molecule has 17 heavy (non-hydrogen) atoms. The topological polar surface area (TPSA) is 76.5 Å². The molecule has 5 nitrogen and oxygen atoms in total. The average Bonchev–Trinajstić information content (AvgIpc) is 2.94. The van der Waals surface area contributed by atoms with E-state index in [1.54, 1.807) is 12.1 Å². The van der Waals surface area contributed by atoms with Gasteiger partial charge in [0.15, 0.2) is 17.2 Å². The molecule has 2 heterocycles. The number of aryl methyl sites for hydroxylation is 1. The molecule has 0 aliphatic heterocycles. The largest absolute Gasteiger partial charge is 0.477 e. The van der Waals surface area contributed by atoms with Gasteiger partial charge in [-0.15, -0.1) is 0 Å². The number of aromatic carboxylic acids is 1. The molecule has 2 rings (SSSR count). The second kappa shape index (κ2) is 4.86. The summed E-state index contributed by atoms with van der Waals surface area (Å²) >= 11 is 0. The van der Waals surface area contributed by atoms with E-state index < -0.39 is 5.97 Å². The van der Waals surface area contributed by atoms with Crippen LogP contribution in [0.3, 0.4) is 0 Å². The zero-order valence-electron chi connectivity index (χ0n) is 9.47. The first kappa shape index (κ1) is 11.4. The van der Waals surface area contributed by atoms with Crippen LogP contribution in [0.2, 0.25) is 0 Å². The van der Waals surface area contributed by atoms with Gasteiger partial charge >= 0.3 is 5.97 Å². The summed E-state index contributed by atoms with van der Waals surface area (Å²) in [7, 11) is 0. The molecule has 0 saturated heterocycles. The normalized spacial score (nSPS) is 10.6. The molecule has 0 aromatic carbocycles. The van der Waals surface area contributed by atoms with E-state index in [9.17, 15) is 9.90 Å². The Morgan fingerprint density at radius 3 is 2.94 bits per heavy atom. The van der Waals surface area contributed by atoms with Crippen molar-refractivity contribution in [2.45, 2.75) is 26.2 Å². The second-order valence-electron chi connectivity index (χ2n) is 3.72. The van der Waals surface area contributed by atoms with Crippen molar-refractivity contribution in [3.8, 4) is 11.5 Å². The number of carboxylic acids is 1. The van der Waals surface area contributed by atoms with Gasteiger partial charge in [-0.05, 0) is 18.6 Å². The number of nitrogens with zero attached hydrogens (tertiary/aromatic N) is 1. The Bertz CT molecular complexity index is 499. The van der Waals surface area contributed by atoms with E-state index in [0.29, 0.717) is 17.9 Å². The summed E-state index contributed by atoms with van der Waals surface area (Å²) in [5.74, 6) is -0.219. The van der Waals surface area contributed by atoms with Crippen LogP contribution in [0.5, 0.6) is 0 Å². The highest BCUT2D eigenvalue weighted by atomic mass is 16.5. The van der Waals surface area contributed by atoms with Crippen molar-refractivity contribution in [3.63, 3.8) is 0 Å². The molecule has 0 saturated carbocycles. The Balaban J connectivity index is 2.40. The molecule has 0 aliphatic rings. The van der Waals surface area contributed by atoms with Crippen LogP contribution in [0.15, 0.2) is 27.3 Å². The first-order chi connectivity index (χ1) is 8.24. The molecule has 0 aliphatic carbocycles. The van der Waals surface area contributed by atoms with Gasteiger partial charge in [-0.1, -0.05) is 18.5 Å². The summed E-state index contributed by atoms with van der Waals surface area (Å²) in [6.45, 7) is 2.03. The summed E-state index contributed by atoms with van der Waals surface area (Å²) in [6.07, 6.45) is 3.89. The number of rotatable bonds is 5. The van der Waals surface area contributed by atoms with Gasteiger partial charge in [0.05, 0.1) is 6.26 Å². The first-order valence-corrected chi connectivity index (χ1v) is 5.49. The van der Waals surface area contributed by atoms with Crippen molar-refractivity contribution in [2.24, 2.45) is 0 Å². The molecule has 90 valence electrons. The van der Waals surface area contributed by atoms with Crippen molar-refractivity contribution < 1.29 is 18.8 Å². The van der Waals surface area contributed by atoms with Crippen LogP contribution in [0.1, 0.15) is 35.9 Å². The number of furan rings is 1. The van der Waals surface area contributed by atoms with E-state index in [2.05, 4.69) is 5.16 Å². The summed E-state index contributed by atoms with van der Waals surface area (Å²) in [5.41, 5.74) is 0.363. The van der Waals surface area contributed by atoms with Gasteiger partial charge < -0.3 is 14.0 Å². The van der Waals surface area contributed by atoms with Gasteiger partial charge in [-0.3, -0.25) is 0 Å². The van der Waals surface area contributed by atoms with E-state index in [0.717, 1.165) is 12.8 Å². The van der Waals surface area contributed by atoms with E-state index in [-0.39, 0.29) is 11.3 Å². The highest BCUT2D eigenvalue weighted by Gasteiger charge is 2.24. The zero-order valence-corrected chi connectivity index (χ0v) is 9.47. The van der Waals surface area contributed by atoms with Gasteiger partial charge in [0.1, 0.15) is 5.56 Å². The monoisotopic (exact) mass is 235 g/mol. The fraction of sp³-hybridized carbons (Fsp3) is 0.333. The Hall–Kier alpha value is -2.04. The Morgan fingerprint density at radius 2 is 2.35 bits per heavy atom. The predicted octanol–water partition coefficient (Wildman–Crippen LogP) is 2.98. The lowest BCUT2D eigenvalue weighted by Crippen LogP contribution is -2.01. The number of carboxylic acid groups (broad SMARTS) is 1. The molecule has 0 bridgehead atoms. The zero-order chi connectivity index (χ0) is 12.3. The fourth-order valence-electron chi connectivity index (χ4n) is 1.63. The number of carbonyl (C=O) groups is 1. The molecule has 0 amide bonds. The summed E-state index contributed by atoms with van der Waals surface area (Å²) in [6, 6.07) is 3.34. The summed E-state index contributed by atoms with van der Waals surface area (Å²) in [4.78, 5) is 11.2. The molecule has 2 aromatic heterocycles. The molecular weight excluding hydrogens is 222 g/mol. The van der Waals surface area contributed by atoms with Crippen LogP contribution in [-0.4, -0.2) is 16.2 Å². The quantitative estimate of drug-likeness (QED) is 0.862. The SMILES string of the molecule is CCCCc1onc(-c2ccco2)c1C(=O)O. The molecule has 0 atom stereocenters. The van der Waals surface area contributed by atoms with Crippen molar-refractivity contribution >= 4 is 5.97 Å². The van der Waals surface area contributed by atoms with Crippen molar-refractivity contribution in [2.75, 3.05) is 0 Å². The van der Waals surface area contributed by atoms with Crippen LogP contribution < -0.4 is 0 Å². The standard InChI is InChI=1S/C12H13NO4/c1-2-3-5-8-10(12(14)15)11(13-17-8)9-6-4-7-16-9/h4,6-7H,2-3,5H2,1H3,(H,14,15). The first-order valence-electron chi connectivity index (χ1n) is 5.49. The number of aromatic nitrogens is 1. The second-order valence-corrected chi connectivity index (χ2v) is 3.72. The maximum Gasteiger partial charge on any atom is 0.341 e. The van der Waals surface area contributed by atoms with E-state index in [1.165, 1.54) is 6.26 Å². The van der Waals surface area contributed by atoms with E-state index in [4.69, 9.17) is 8.94 Å². The highest BCUT2D eigenvalue weighted by molar-refractivity contribution is 5.95. The maximum absolute atomic E-state index is 11.2. The number of hydrogen-bond acceptors (Lipinski definition) is 4. The van der Waals surface area contributed by atoms with Gasteiger partial charge in [0.2, 0.25) is 0 Å². The van der Waals surface area contributed by atoms with Crippen molar-refractivity contribution in [3.05, 3.63) is 29.7 Å². The van der Waals surface area contributed by atoms with Gasteiger partial charge in [-0.2, -0.15) is 0 Å². The fourth-order valence-corrected chi connectivity index (χ4v) is 1.63. The average molecular weight is 235 g/mol. The number of unbranched alkanes of at least 4 members (excludes halogenated alkanes) is 1. The van der Waals surface area contributed by atoms with Gasteiger partial charge in [-0.25, -0.2) is 4.79 Å². The van der Waals surface area contributed by atoms with Crippen molar-refractivity contribution in [1.29, 1.82) is 0 Å². The molecule has 0 unspecified atom stereocenters. The summed E-state index contributed by atoms with van der Waals surface area (Å²) < 4.78 is 10.2. The minimum absolute atomic E-state index is 0.105. The molecule has 2 aromatic rings. The van der Waals surface area contributed by atoms with Crippen LogP contribution in [0, 0.1) is 0 Å². The molecule has 0 radical (unpaired) electrons. The van der Waals surface area contributed by atoms with Crippen LogP contribution in [0.25, 0.3) is 11.5 Å². The van der Waals surface area contributed by atoms with Crippen LogP contribution >= 0.6 is 0 Å². The third-order valence-electron chi connectivity index (χ3n) is 2.49. The molecule has 0 fully saturated rings. The number of hydrogen-bond donors (Lipinski definition) is 1. The highest BCUT2D eigenvalue weighted by Crippen LogP contribution is 2.26. The minimum atomic E-state index is -1.04. The molecular formula is C12H13NO4. The third-order valence-corrected chi connectivity index (χ3v) is 2.49. The summed E-state index contributed by atoms with van der Waals surface area (Å²) in [5, 5.41) is 13.0. The van der Waals surface area contributed by atoms with Gasteiger partial charge in [0.25, 0.3) is 0 Å². The smallest absolute Gasteiger partial charge is 0.341 e. The Kier molecular flexibility index (Phi) is 3.27. The van der Waals surface area contributed by atoms with E-state index >= 15 is 0 Å². The van der Waals surface area contributed by atoms with Crippen LogP contribution in [-0.2, 0) is 6.42 Å². The third kappa shape index (κ3) is 2.22. The Labute approximate surface area is 98.0 Å².